The van der Waals surface area contributed by atoms with Gasteiger partial charge in [-0.15, -0.1) is 0 Å². The van der Waals surface area contributed by atoms with Crippen LogP contribution in [0.4, 0.5) is 4.39 Å². The Bertz CT molecular complexity index is 643. The van der Waals surface area contributed by atoms with Crippen LogP contribution >= 0.6 is 0 Å². The Morgan fingerprint density at radius 3 is 2.74 bits per heavy atom. The molecule has 1 aliphatic carbocycles. The summed E-state index contributed by atoms with van der Waals surface area (Å²) in [6, 6.07) is 13.5. The van der Waals surface area contributed by atoms with Gasteiger partial charge in [-0.1, -0.05) is 36.4 Å². The van der Waals surface area contributed by atoms with Crippen LogP contribution in [-0.2, 0) is 6.42 Å². The molecule has 0 heterocycles. The fourth-order valence-corrected chi connectivity index (χ4v) is 2.52. The van der Waals surface area contributed by atoms with Crippen molar-refractivity contribution >= 4 is 11.6 Å². The van der Waals surface area contributed by atoms with Crippen LogP contribution in [0.1, 0.15) is 23.1 Å². The van der Waals surface area contributed by atoms with Crippen LogP contribution in [0.2, 0.25) is 0 Å². The summed E-state index contributed by atoms with van der Waals surface area (Å²) in [4.78, 5) is 0. The van der Waals surface area contributed by atoms with Gasteiger partial charge in [0.05, 0.1) is 7.11 Å². The zero-order valence-electron chi connectivity index (χ0n) is 10.8. The molecule has 0 saturated heterocycles. The highest BCUT2D eigenvalue weighted by molar-refractivity contribution is 5.84. The second-order valence-corrected chi connectivity index (χ2v) is 4.72. The lowest BCUT2D eigenvalue weighted by Gasteiger charge is -2.17. The van der Waals surface area contributed by atoms with Crippen molar-refractivity contribution in [2.24, 2.45) is 0 Å². The third-order valence-electron chi connectivity index (χ3n) is 3.57. The molecule has 2 heteroatoms. The van der Waals surface area contributed by atoms with E-state index >= 15 is 0 Å². The number of benzene rings is 2. The lowest BCUT2D eigenvalue weighted by atomic mass is 9.89. The van der Waals surface area contributed by atoms with Gasteiger partial charge in [0.1, 0.15) is 0 Å². The highest BCUT2D eigenvalue weighted by atomic mass is 19.1. The van der Waals surface area contributed by atoms with E-state index in [0.29, 0.717) is 5.75 Å². The minimum absolute atomic E-state index is 0.303. The Kier molecular flexibility index (Phi) is 3.08. The molecule has 0 amide bonds. The third-order valence-corrected chi connectivity index (χ3v) is 3.57. The van der Waals surface area contributed by atoms with Crippen molar-refractivity contribution in [3.8, 4) is 5.75 Å². The first-order chi connectivity index (χ1) is 9.28. The van der Waals surface area contributed by atoms with Crippen LogP contribution in [0.25, 0.3) is 11.6 Å². The summed E-state index contributed by atoms with van der Waals surface area (Å²) in [6.07, 6.45) is 4.19. The molecule has 0 saturated carbocycles. The van der Waals surface area contributed by atoms with Gasteiger partial charge in [0.25, 0.3) is 0 Å². The number of hydrogen-bond donors (Lipinski definition) is 0. The second kappa shape index (κ2) is 4.88. The number of halogens is 1. The lowest BCUT2D eigenvalue weighted by Crippen LogP contribution is -1.99. The Morgan fingerprint density at radius 2 is 1.89 bits per heavy atom. The highest BCUT2D eigenvalue weighted by Crippen LogP contribution is 2.32. The van der Waals surface area contributed by atoms with Gasteiger partial charge in [-0.25, -0.2) is 4.39 Å². The van der Waals surface area contributed by atoms with E-state index in [2.05, 4.69) is 24.3 Å². The van der Waals surface area contributed by atoms with Crippen LogP contribution in [0.5, 0.6) is 5.75 Å². The summed E-state index contributed by atoms with van der Waals surface area (Å²) < 4.78 is 18.5. The van der Waals surface area contributed by atoms with E-state index in [9.17, 15) is 4.39 Å². The maximum absolute atomic E-state index is 13.4. The van der Waals surface area contributed by atoms with Crippen LogP contribution < -0.4 is 4.74 Å². The molecule has 0 unspecified atom stereocenters. The average molecular weight is 254 g/mol. The molecule has 96 valence electrons. The number of hydrogen-bond acceptors (Lipinski definition) is 1. The summed E-state index contributed by atoms with van der Waals surface area (Å²) in [5, 5.41) is 0. The molecule has 2 aromatic carbocycles. The van der Waals surface area contributed by atoms with Gasteiger partial charge in [-0.05, 0) is 47.2 Å². The Hall–Kier alpha value is -2.09. The van der Waals surface area contributed by atoms with Crippen molar-refractivity contribution in [3.63, 3.8) is 0 Å². The van der Waals surface area contributed by atoms with Gasteiger partial charge in [0.15, 0.2) is 11.6 Å². The molecule has 0 spiro atoms. The maximum Gasteiger partial charge on any atom is 0.165 e. The van der Waals surface area contributed by atoms with Gasteiger partial charge in [0, 0.05) is 0 Å². The summed E-state index contributed by atoms with van der Waals surface area (Å²) >= 11 is 0. The van der Waals surface area contributed by atoms with Crippen molar-refractivity contribution in [1.29, 1.82) is 0 Å². The summed E-state index contributed by atoms with van der Waals surface area (Å²) in [5.41, 5.74) is 4.90. The van der Waals surface area contributed by atoms with E-state index in [4.69, 9.17) is 4.74 Å². The van der Waals surface area contributed by atoms with Gasteiger partial charge >= 0.3 is 0 Å². The normalized spacial score (nSPS) is 13.7. The smallest absolute Gasteiger partial charge is 0.165 e. The number of ether oxygens (including phenoxy) is 1. The molecule has 0 N–H and O–H groups in total. The predicted molar refractivity (Wildman–Crippen MR) is 75.6 cm³/mol. The number of allylic oxidation sites excluding steroid dienone is 1. The van der Waals surface area contributed by atoms with E-state index in [0.717, 1.165) is 18.4 Å². The van der Waals surface area contributed by atoms with Crippen molar-refractivity contribution < 1.29 is 9.13 Å². The molecular weight excluding hydrogens is 239 g/mol. The SMILES string of the molecule is COc1cc(C2=Cc3ccccc3CC2)ccc1F. The number of aryl methyl sites for hydroxylation is 1. The molecule has 2 aromatic rings. The van der Waals surface area contributed by atoms with E-state index in [-0.39, 0.29) is 5.82 Å². The monoisotopic (exact) mass is 254 g/mol. The van der Waals surface area contributed by atoms with Gasteiger partial charge in [0.2, 0.25) is 0 Å². The second-order valence-electron chi connectivity index (χ2n) is 4.72. The third kappa shape index (κ3) is 2.26. The van der Waals surface area contributed by atoms with Gasteiger partial charge in [-0.2, -0.15) is 0 Å². The lowest BCUT2D eigenvalue weighted by molar-refractivity contribution is 0.386. The number of methoxy groups -OCH3 is 1. The predicted octanol–water partition coefficient (Wildman–Crippen LogP) is 4.32. The van der Waals surface area contributed by atoms with Crippen molar-refractivity contribution in [1.82, 2.24) is 0 Å². The molecular formula is C17H15FO. The number of rotatable bonds is 2. The minimum Gasteiger partial charge on any atom is -0.494 e. The molecule has 0 fully saturated rings. The molecule has 3 rings (SSSR count). The average Bonchev–Trinajstić information content (AvgIpc) is 2.47. The molecule has 1 aliphatic rings. The Morgan fingerprint density at radius 1 is 1.05 bits per heavy atom. The first-order valence-corrected chi connectivity index (χ1v) is 6.40. The topological polar surface area (TPSA) is 9.23 Å². The molecule has 0 aromatic heterocycles. The molecule has 1 nitrogen and oxygen atoms in total. The van der Waals surface area contributed by atoms with Crippen LogP contribution in [0, 0.1) is 5.82 Å². The molecule has 0 atom stereocenters. The van der Waals surface area contributed by atoms with Gasteiger partial charge < -0.3 is 4.74 Å². The summed E-state index contributed by atoms with van der Waals surface area (Å²) in [6.45, 7) is 0. The summed E-state index contributed by atoms with van der Waals surface area (Å²) in [5.74, 6) is -0.0136. The zero-order valence-corrected chi connectivity index (χ0v) is 10.8. The Labute approximate surface area is 112 Å². The first-order valence-electron chi connectivity index (χ1n) is 6.40. The summed E-state index contributed by atoms with van der Waals surface area (Å²) in [7, 11) is 1.49. The van der Waals surface area contributed by atoms with E-state index in [1.54, 1.807) is 6.07 Å². The van der Waals surface area contributed by atoms with Crippen molar-refractivity contribution in [3.05, 3.63) is 65.0 Å². The minimum atomic E-state index is -0.317. The van der Waals surface area contributed by atoms with E-state index in [1.165, 1.54) is 29.9 Å². The van der Waals surface area contributed by atoms with Crippen molar-refractivity contribution in [2.45, 2.75) is 12.8 Å². The first kappa shape index (κ1) is 12.0. The van der Waals surface area contributed by atoms with Crippen LogP contribution in [0.15, 0.2) is 42.5 Å². The molecule has 0 radical (unpaired) electrons. The fourth-order valence-electron chi connectivity index (χ4n) is 2.52. The quantitative estimate of drug-likeness (QED) is 0.775. The standard InChI is InChI=1S/C17H15FO/c1-19-17-11-15(8-9-16(17)18)14-7-6-12-4-2-3-5-13(12)10-14/h2-5,8-11H,6-7H2,1H3. The maximum atomic E-state index is 13.4. The molecule has 0 aliphatic heterocycles. The zero-order chi connectivity index (χ0) is 13.2. The van der Waals surface area contributed by atoms with E-state index < -0.39 is 0 Å². The van der Waals surface area contributed by atoms with Crippen LogP contribution in [-0.4, -0.2) is 7.11 Å². The van der Waals surface area contributed by atoms with Crippen molar-refractivity contribution in [2.75, 3.05) is 7.11 Å². The molecule has 0 bridgehead atoms. The molecule has 19 heavy (non-hydrogen) atoms. The largest absolute Gasteiger partial charge is 0.494 e. The Balaban J connectivity index is 2.02. The highest BCUT2D eigenvalue weighted by Gasteiger charge is 2.13. The van der Waals surface area contributed by atoms with E-state index in [1.807, 2.05) is 12.1 Å². The van der Waals surface area contributed by atoms with Gasteiger partial charge in [-0.3, -0.25) is 0 Å². The fraction of sp³-hybridized carbons (Fsp3) is 0.176. The number of fused-ring (bicyclic) bond motifs is 1. The van der Waals surface area contributed by atoms with Crippen LogP contribution in [0.3, 0.4) is 0 Å².